The van der Waals surface area contributed by atoms with Gasteiger partial charge in [-0.1, -0.05) is 62.4 Å². The SMILES string of the molecule is CCCNC(=O)[C@H](CC)N(CCc1ccccc1)C(=O)CN(c1ccc(OC)cc1)S(=O)(=O)c1ccccc1. The molecule has 0 aromatic heterocycles. The molecule has 3 rings (SSSR count). The third-order valence-corrected chi connectivity index (χ3v) is 8.18. The molecule has 0 aliphatic rings. The zero-order valence-corrected chi connectivity index (χ0v) is 23.6. The van der Waals surface area contributed by atoms with Crippen LogP contribution in [0.3, 0.4) is 0 Å². The van der Waals surface area contributed by atoms with Gasteiger partial charge in [0.2, 0.25) is 11.8 Å². The highest BCUT2D eigenvalue weighted by Crippen LogP contribution is 2.26. The molecule has 2 amide bonds. The lowest BCUT2D eigenvalue weighted by Gasteiger charge is -2.33. The number of methoxy groups -OCH3 is 1. The van der Waals surface area contributed by atoms with E-state index >= 15 is 0 Å². The minimum absolute atomic E-state index is 0.0668. The Labute approximate surface area is 231 Å². The Morgan fingerprint density at radius 3 is 2.08 bits per heavy atom. The number of sulfonamides is 1. The van der Waals surface area contributed by atoms with Gasteiger partial charge in [0.25, 0.3) is 10.0 Å². The standard InChI is InChI=1S/C30H37N3O5S/c1-4-21-31-30(35)28(5-2)32(22-20-24-12-8-6-9-13-24)29(34)23-33(25-16-18-26(38-3)19-17-25)39(36,37)27-14-10-7-11-15-27/h6-19,28H,4-5,20-23H2,1-3H3,(H,31,35)/t28-/m0/s1. The van der Waals surface area contributed by atoms with Gasteiger partial charge in [-0.3, -0.25) is 13.9 Å². The fourth-order valence-corrected chi connectivity index (χ4v) is 5.69. The fourth-order valence-electron chi connectivity index (χ4n) is 4.26. The zero-order valence-electron chi connectivity index (χ0n) is 22.7. The maximum absolute atomic E-state index is 13.9. The van der Waals surface area contributed by atoms with Gasteiger partial charge in [-0.05, 0) is 61.2 Å². The summed E-state index contributed by atoms with van der Waals surface area (Å²) in [6.45, 7) is 4.11. The molecule has 3 aromatic rings. The summed E-state index contributed by atoms with van der Waals surface area (Å²) in [5, 5.41) is 2.89. The molecule has 0 fully saturated rings. The van der Waals surface area contributed by atoms with Crippen molar-refractivity contribution in [3.05, 3.63) is 90.5 Å². The minimum atomic E-state index is -4.09. The van der Waals surface area contributed by atoms with Crippen LogP contribution in [-0.2, 0) is 26.0 Å². The van der Waals surface area contributed by atoms with E-state index in [9.17, 15) is 18.0 Å². The van der Waals surface area contributed by atoms with E-state index in [2.05, 4.69) is 5.32 Å². The van der Waals surface area contributed by atoms with Crippen LogP contribution in [0.2, 0.25) is 0 Å². The number of nitrogens with zero attached hydrogens (tertiary/aromatic N) is 2. The highest BCUT2D eigenvalue weighted by Gasteiger charge is 2.33. The first-order chi connectivity index (χ1) is 18.8. The van der Waals surface area contributed by atoms with Gasteiger partial charge in [-0.15, -0.1) is 0 Å². The predicted molar refractivity (Wildman–Crippen MR) is 153 cm³/mol. The van der Waals surface area contributed by atoms with Crippen LogP contribution in [0.5, 0.6) is 5.75 Å². The summed E-state index contributed by atoms with van der Waals surface area (Å²) < 4.78 is 33.9. The van der Waals surface area contributed by atoms with Gasteiger partial charge >= 0.3 is 0 Å². The Balaban J connectivity index is 1.98. The largest absolute Gasteiger partial charge is 0.497 e. The molecular weight excluding hydrogens is 514 g/mol. The predicted octanol–water partition coefficient (Wildman–Crippen LogP) is 4.27. The molecule has 208 valence electrons. The molecule has 0 heterocycles. The monoisotopic (exact) mass is 551 g/mol. The van der Waals surface area contributed by atoms with Crippen molar-refractivity contribution >= 4 is 27.5 Å². The first kappa shape index (κ1) is 29.7. The van der Waals surface area contributed by atoms with E-state index in [4.69, 9.17) is 4.74 Å². The number of hydrogen-bond acceptors (Lipinski definition) is 5. The topological polar surface area (TPSA) is 96.0 Å². The summed E-state index contributed by atoms with van der Waals surface area (Å²) in [4.78, 5) is 28.6. The number of hydrogen-bond donors (Lipinski definition) is 1. The molecule has 0 aliphatic heterocycles. The van der Waals surface area contributed by atoms with Gasteiger partial charge in [0.1, 0.15) is 18.3 Å². The average molecular weight is 552 g/mol. The van der Waals surface area contributed by atoms with E-state index in [1.54, 1.807) is 42.5 Å². The molecule has 39 heavy (non-hydrogen) atoms. The highest BCUT2D eigenvalue weighted by atomic mass is 32.2. The minimum Gasteiger partial charge on any atom is -0.497 e. The summed E-state index contributed by atoms with van der Waals surface area (Å²) in [7, 11) is -2.57. The molecule has 0 unspecified atom stereocenters. The normalized spacial score (nSPS) is 11.9. The zero-order chi connectivity index (χ0) is 28.3. The van der Waals surface area contributed by atoms with Crippen LogP contribution in [0, 0.1) is 0 Å². The summed E-state index contributed by atoms with van der Waals surface area (Å²) in [5.74, 6) is -0.146. The van der Waals surface area contributed by atoms with E-state index in [-0.39, 0.29) is 17.3 Å². The number of benzene rings is 3. The van der Waals surface area contributed by atoms with Crippen molar-refractivity contribution in [2.75, 3.05) is 31.0 Å². The van der Waals surface area contributed by atoms with Gasteiger partial charge in [0.15, 0.2) is 0 Å². The number of rotatable bonds is 14. The van der Waals surface area contributed by atoms with Gasteiger partial charge in [-0.2, -0.15) is 0 Å². The average Bonchev–Trinajstić information content (AvgIpc) is 2.97. The Kier molecular flexibility index (Phi) is 10.9. The summed E-state index contributed by atoms with van der Waals surface area (Å²) in [6, 6.07) is 23.5. The van der Waals surface area contributed by atoms with Crippen molar-refractivity contribution in [3.8, 4) is 5.75 Å². The van der Waals surface area contributed by atoms with Crippen molar-refractivity contribution in [1.82, 2.24) is 10.2 Å². The van der Waals surface area contributed by atoms with Crippen molar-refractivity contribution in [2.24, 2.45) is 0 Å². The molecule has 0 saturated heterocycles. The van der Waals surface area contributed by atoms with E-state index < -0.39 is 28.5 Å². The van der Waals surface area contributed by atoms with Crippen molar-refractivity contribution < 1.29 is 22.7 Å². The van der Waals surface area contributed by atoms with E-state index in [1.807, 2.05) is 44.2 Å². The van der Waals surface area contributed by atoms with Crippen molar-refractivity contribution in [2.45, 2.75) is 44.0 Å². The van der Waals surface area contributed by atoms with Crippen LogP contribution in [0.15, 0.2) is 89.8 Å². The molecule has 1 N–H and O–H groups in total. The van der Waals surface area contributed by atoms with Crippen molar-refractivity contribution in [3.63, 3.8) is 0 Å². The smallest absolute Gasteiger partial charge is 0.264 e. The fraction of sp³-hybridized carbons (Fsp3) is 0.333. The number of ether oxygens (including phenoxy) is 1. The Morgan fingerprint density at radius 2 is 1.51 bits per heavy atom. The number of amides is 2. The number of nitrogens with one attached hydrogen (secondary N) is 1. The molecule has 0 bridgehead atoms. The molecule has 3 aromatic carbocycles. The number of carbonyl (C=O) groups is 2. The Morgan fingerprint density at radius 1 is 0.897 bits per heavy atom. The second kappa shape index (κ2) is 14.3. The van der Waals surface area contributed by atoms with Gasteiger partial charge < -0.3 is 15.0 Å². The maximum Gasteiger partial charge on any atom is 0.264 e. The first-order valence-corrected chi connectivity index (χ1v) is 14.6. The van der Waals surface area contributed by atoms with Crippen LogP contribution in [0.1, 0.15) is 32.3 Å². The van der Waals surface area contributed by atoms with E-state index in [0.717, 1.165) is 16.3 Å². The summed E-state index contributed by atoms with van der Waals surface area (Å²) in [5.41, 5.74) is 1.34. The summed E-state index contributed by atoms with van der Waals surface area (Å²) >= 11 is 0. The van der Waals surface area contributed by atoms with Crippen LogP contribution < -0.4 is 14.4 Å². The van der Waals surface area contributed by atoms with Gasteiger partial charge in [0.05, 0.1) is 17.7 Å². The van der Waals surface area contributed by atoms with Crippen LogP contribution in [0.25, 0.3) is 0 Å². The molecular formula is C30H37N3O5S. The van der Waals surface area contributed by atoms with E-state index in [0.29, 0.717) is 30.8 Å². The van der Waals surface area contributed by atoms with Crippen LogP contribution in [-0.4, -0.2) is 57.9 Å². The second-order valence-corrected chi connectivity index (χ2v) is 10.9. The highest BCUT2D eigenvalue weighted by molar-refractivity contribution is 7.92. The molecule has 9 heteroatoms. The first-order valence-electron chi connectivity index (χ1n) is 13.1. The maximum atomic E-state index is 13.9. The molecule has 0 saturated carbocycles. The Bertz CT molecular complexity index is 1300. The third-order valence-electron chi connectivity index (χ3n) is 6.39. The van der Waals surface area contributed by atoms with Gasteiger partial charge in [-0.25, -0.2) is 8.42 Å². The van der Waals surface area contributed by atoms with Gasteiger partial charge in [0, 0.05) is 13.1 Å². The number of carbonyl (C=O) groups excluding carboxylic acids is 2. The van der Waals surface area contributed by atoms with Crippen LogP contribution in [0.4, 0.5) is 5.69 Å². The molecule has 0 aliphatic carbocycles. The quantitative estimate of drug-likeness (QED) is 0.323. The second-order valence-electron chi connectivity index (χ2n) is 9.06. The molecule has 0 radical (unpaired) electrons. The lowest BCUT2D eigenvalue weighted by molar-refractivity contribution is -0.139. The Hall–Kier alpha value is -3.85. The number of anilines is 1. The lowest BCUT2D eigenvalue weighted by atomic mass is 10.1. The van der Waals surface area contributed by atoms with Crippen molar-refractivity contribution in [1.29, 1.82) is 0 Å². The molecule has 1 atom stereocenters. The molecule has 8 nitrogen and oxygen atoms in total. The summed E-state index contributed by atoms with van der Waals surface area (Å²) in [6.07, 6.45) is 1.68. The lowest BCUT2D eigenvalue weighted by Crippen LogP contribution is -2.53. The van der Waals surface area contributed by atoms with Crippen LogP contribution >= 0.6 is 0 Å². The molecule has 0 spiro atoms. The van der Waals surface area contributed by atoms with E-state index in [1.165, 1.54) is 24.1 Å². The third kappa shape index (κ3) is 7.83.